The normalized spacial score (nSPS) is 14.6. The van der Waals surface area contributed by atoms with Gasteiger partial charge in [0.2, 0.25) is 0 Å². The number of halogens is 3. The largest absolute Gasteiger partial charge is 0.411 e. The van der Waals surface area contributed by atoms with Crippen LogP contribution >= 0.6 is 0 Å². The number of alkyl halides is 3. The van der Waals surface area contributed by atoms with Crippen molar-refractivity contribution in [2.75, 3.05) is 37.7 Å². The van der Waals surface area contributed by atoms with Gasteiger partial charge in [0.15, 0.2) is 0 Å². The molecule has 0 bridgehead atoms. The molecule has 1 saturated heterocycles. The summed E-state index contributed by atoms with van der Waals surface area (Å²) in [4.78, 5) is 26.7. The number of anilines is 1. The van der Waals surface area contributed by atoms with Gasteiger partial charge in [-0.1, -0.05) is 12.1 Å². The lowest BCUT2D eigenvalue weighted by atomic mass is 10.1. The van der Waals surface area contributed by atoms with Crippen LogP contribution in [0.5, 0.6) is 0 Å². The molecule has 30 heavy (non-hydrogen) atoms. The predicted octanol–water partition coefficient (Wildman–Crippen LogP) is 3.64. The summed E-state index contributed by atoms with van der Waals surface area (Å²) in [5, 5.41) is 10.7. The number of hydrogen-bond donors (Lipinski definition) is 0. The zero-order valence-corrected chi connectivity index (χ0v) is 16.0. The van der Waals surface area contributed by atoms with Crippen LogP contribution in [0.15, 0.2) is 48.5 Å². The highest BCUT2D eigenvalue weighted by Crippen LogP contribution is 2.21. The summed E-state index contributed by atoms with van der Waals surface area (Å²) in [6, 6.07) is 12.6. The van der Waals surface area contributed by atoms with E-state index in [0.717, 1.165) is 5.69 Å². The number of carbonyl (C=O) groups is 1. The number of amides is 1. The van der Waals surface area contributed by atoms with E-state index < -0.39 is 17.7 Å². The molecule has 1 amide bonds. The summed E-state index contributed by atoms with van der Waals surface area (Å²) in [5.41, 5.74) is 1.90. The molecular weight excluding hydrogens is 403 g/mol. The second-order valence-electron chi connectivity index (χ2n) is 6.86. The van der Waals surface area contributed by atoms with E-state index >= 15 is 0 Å². The molecule has 0 saturated carbocycles. The quantitative estimate of drug-likeness (QED) is 0.524. The first kappa shape index (κ1) is 21.6. The highest BCUT2D eigenvalue weighted by atomic mass is 19.4. The Morgan fingerprint density at radius 2 is 1.60 bits per heavy atom. The van der Waals surface area contributed by atoms with Crippen molar-refractivity contribution in [2.45, 2.75) is 12.8 Å². The number of nitro groups is 1. The fourth-order valence-electron chi connectivity index (χ4n) is 3.16. The highest BCUT2D eigenvalue weighted by Gasteiger charge is 2.27. The molecule has 0 spiro atoms. The summed E-state index contributed by atoms with van der Waals surface area (Å²) in [6.07, 6.45) is -4.37. The van der Waals surface area contributed by atoms with Gasteiger partial charge in [-0.3, -0.25) is 14.9 Å². The average Bonchev–Trinajstić information content (AvgIpc) is 2.73. The van der Waals surface area contributed by atoms with Crippen LogP contribution in [0, 0.1) is 10.1 Å². The molecule has 1 heterocycles. The van der Waals surface area contributed by atoms with Gasteiger partial charge in [-0.2, -0.15) is 13.2 Å². The SMILES string of the molecule is O=C(c1ccc(COCC(F)(F)F)cc1)N1CCN(c2ccc([N+](=O)[O-])cc2)CC1. The van der Waals surface area contributed by atoms with Gasteiger partial charge < -0.3 is 14.5 Å². The van der Waals surface area contributed by atoms with Gasteiger partial charge in [0.25, 0.3) is 11.6 Å². The number of carbonyl (C=O) groups excluding carboxylic acids is 1. The molecule has 0 radical (unpaired) electrons. The predicted molar refractivity (Wildman–Crippen MR) is 103 cm³/mol. The lowest BCUT2D eigenvalue weighted by molar-refractivity contribution is -0.384. The fourth-order valence-corrected chi connectivity index (χ4v) is 3.16. The van der Waals surface area contributed by atoms with E-state index in [0.29, 0.717) is 37.3 Å². The molecule has 160 valence electrons. The van der Waals surface area contributed by atoms with Crippen LogP contribution in [0.4, 0.5) is 24.5 Å². The minimum Gasteiger partial charge on any atom is -0.368 e. The van der Waals surface area contributed by atoms with Gasteiger partial charge in [0.1, 0.15) is 6.61 Å². The van der Waals surface area contributed by atoms with E-state index in [1.165, 1.54) is 12.1 Å². The Hall–Kier alpha value is -3.14. The molecule has 2 aromatic carbocycles. The first-order valence-corrected chi connectivity index (χ1v) is 9.25. The molecule has 0 atom stereocenters. The van der Waals surface area contributed by atoms with Gasteiger partial charge in [-0.25, -0.2) is 0 Å². The maximum absolute atomic E-state index is 12.7. The minimum atomic E-state index is -4.37. The summed E-state index contributed by atoms with van der Waals surface area (Å²) in [7, 11) is 0. The van der Waals surface area contributed by atoms with E-state index in [4.69, 9.17) is 0 Å². The molecule has 1 aliphatic rings. The van der Waals surface area contributed by atoms with Crippen LogP contribution in [0.1, 0.15) is 15.9 Å². The van der Waals surface area contributed by atoms with Crippen molar-refractivity contribution in [3.05, 3.63) is 69.8 Å². The first-order valence-electron chi connectivity index (χ1n) is 9.25. The van der Waals surface area contributed by atoms with Crippen LogP contribution in [-0.2, 0) is 11.3 Å². The Kier molecular flexibility index (Phi) is 6.56. The van der Waals surface area contributed by atoms with Crippen LogP contribution in [0.2, 0.25) is 0 Å². The average molecular weight is 423 g/mol. The molecule has 1 aliphatic heterocycles. The monoisotopic (exact) mass is 423 g/mol. The van der Waals surface area contributed by atoms with Crippen molar-refractivity contribution in [1.29, 1.82) is 0 Å². The molecule has 2 aromatic rings. The molecule has 10 heteroatoms. The van der Waals surface area contributed by atoms with Crippen LogP contribution in [-0.4, -0.2) is 54.7 Å². The summed E-state index contributed by atoms with van der Waals surface area (Å²) in [6.45, 7) is 0.674. The third-order valence-corrected chi connectivity index (χ3v) is 4.73. The van der Waals surface area contributed by atoms with Gasteiger partial charge in [0, 0.05) is 49.6 Å². The van der Waals surface area contributed by atoms with Crippen molar-refractivity contribution >= 4 is 17.3 Å². The van der Waals surface area contributed by atoms with Gasteiger partial charge in [-0.05, 0) is 29.8 Å². The Balaban J connectivity index is 1.51. The third-order valence-electron chi connectivity index (χ3n) is 4.73. The number of piperazine rings is 1. The van der Waals surface area contributed by atoms with Gasteiger partial charge >= 0.3 is 6.18 Å². The fraction of sp³-hybridized carbons (Fsp3) is 0.350. The minimum absolute atomic E-state index is 0.0276. The number of non-ortho nitro benzene ring substituents is 1. The molecule has 0 aliphatic carbocycles. The third kappa shape index (κ3) is 5.69. The molecule has 3 rings (SSSR count). The lowest BCUT2D eigenvalue weighted by Crippen LogP contribution is -2.48. The molecule has 0 unspecified atom stereocenters. The van der Waals surface area contributed by atoms with Crippen molar-refractivity contribution in [3.63, 3.8) is 0 Å². The van der Waals surface area contributed by atoms with E-state index in [1.54, 1.807) is 41.3 Å². The Labute approximate surface area is 170 Å². The van der Waals surface area contributed by atoms with Gasteiger partial charge in [-0.15, -0.1) is 0 Å². The summed E-state index contributed by atoms with van der Waals surface area (Å²) in [5.74, 6) is -0.152. The van der Waals surface area contributed by atoms with Crippen molar-refractivity contribution in [2.24, 2.45) is 0 Å². The van der Waals surface area contributed by atoms with Crippen LogP contribution < -0.4 is 4.90 Å². The maximum Gasteiger partial charge on any atom is 0.411 e. The molecular formula is C20H20F3N3O4. The van der Waals surface area contributed by atoms with Crippen molar-refractivity contribution < 1.29 is 27.6 Å². The number of nitrogens with zero attached hydrogens (tertiary/aromatic N) is 3. The second-order valence-corrected chi connectivity index (χ2v) is 6.86. The smallest absolute Gasteiger partial charge is 0.368 e. The number of benzene rings is 2. The standard InChI is InChI=1S/C20H20F3N3O4/c21-20(22,23)14-30-13-15-1-3-16(4-2-15)19(27)25-11-9-24(10-12-25)17-5-7-18(8-6-17)26(28)29/h1-8H,9-14H2. The van der Waals surface area contributed by atoms with E-state index in [9.17, 15) is 28.1 Å². The second kappa shape index (κ2) is 9.12. The van der Waals surface area contributed by atoms with Crippen molar-refractivity contribution in [1.82, 2.24) is 4.90 Å². The summed E-state index contributed by atoms with van der Waals surface area (Å²) < 4.78 is 41.0. The number of rotatable bonds is 6. The zero-order valence-electron chi connectivity index (χ0n) is 16.0. The first-order chi connectivity index (χ1) is 14.2. The Morgan fingerprint density at radius 3 is 2.13 bits per heavy atom. The topological polar surface area (TPSA) is 75.9 Å². The van der Waals surface area contributed by atoms with E-state index in [2.05, 4.69) is 9.64 Å². The molecule has 0 aromatic heterocycles. The molecule has 1 fully saturated rings. The van der Waals surface area contributed by atoms with Crippen LogP contribution in [0.3, 0.4) is 0 Å². The van der Waals surface area contributed by atoms with Crippen LogP contribution in [0.25, 0.3) is 0 Å². The van der Waals surface area contributed by atoms with E-state index in [1.807, 2.05) is 0 Å². The zero-order chi connectivity index (χ0) is 21.7. The number of hydrogen-bond acceptors (Lipinski definition) is 5. The Bertz CT molecular complexity index is 878. The van der Waals surface area contributed by atoms with Gasteiger partial charge in [0.05, 0.1) is 11.5 Å². The summed E-state index contributed by atoms with van der Waals surface area (Å²) >= 11 is 0. The highest BCUT2D eigenvalue weighted by molar-refractivity contribution is 5.94. The van der Waals surface area contributed by atoms with Crippen molar-refractivity contribution in [3.8, 4) is 0 Å². The number of nitro benzene ring substituents is 1. The van der Waals surface area contributed by atoms with E-state index in [-0.39, 0.29) is 18.2 Å². The lowest BCUT2D eigenvalue weighted by Gasteiger charge is -2.36. The Morgan fingerprint density at radius 1 is 1.00 bits per heavy atom. The number of ether oxygens (including phenoxy) is 1. The maximum atomic E-state index is 12.7. The molecule has 7 nitrogen and oxygen atoms in total. The molecule has 0 N–H and O–H groups in total.